The molecule has 0 saturated heterocycles. The lowest BCUT2D eigenvalue weighted by Gasteiger charge is -2.08. The lowest BCUT2D eigenvalue weighted by molar-refractivity contribution is 0.784. The zero-order valence-corrected chi connectivity index (χ0v) is 13.7. The summed E-state index contributed by atoms with van der Waals surface area (Å²) in [5.74, 6) is 0. The number of benzene rings is 2. The van der Waals surface area contributed by atoms with E-state index in [9.17, 15) is 0 Å². The van der Waals surface area contributed by atoms with Crippen LogP contribution in [0.1, 0.15) is 22.3 Å². The van der Waals surface area contributed by atoms with Crippen molar-refractivity contribution in [2.45, 2.75) is 26.9 Å². The standard InChI is InChI=1S/C21H22N2/c1-17-12-18(2)14-20(13-17)16-23-10-8-21(9-11-23)22-15-19-6-4-3-5-7-19/h3-14H,15-16H2,1-2H3. The minimum absolute atomic E-state index is 0.724. The number of aryl methyl sites for hydroxylation is 2. The fourth-order valence-electron chi connectivity index (χ4n) is 2.80. The molecule has 2 heteroatoms. The van der Waals surface area contributed by atoms with Crippen molar-refractivity contribution < 1.29 is 0 Å². The van der Waals surface area contributed by atoms with Crippen LogP contribution in [0.5, 0.6) is 0 Å². The van der Waals surface area contributed by atoms with E-state index in [4.69, 9.17) is 0 Å². The summed E-state index contributed by atoms with van der Waals surface area (Å²) >= 11 is 0. The van der Waals surface area contributed by atoms with E-state index in [1.165, 1.54) is 22.3 Å². The second-order valence-electron chi connectivity index (χ2n) is 6.03. The third kappa shape index (κ3) is 4.43. The summed E-state index contributed by atoms with van der Waals surface area (Å²) in [5, 5.41) is 1.02. The zero-order valence-electron chi connectivity index (χ0n) is 13.7. The lowest BCUT2D eigenvalue weighted by Crippen LogP contribution is -2.07. The Balaban J connectivity index is 1.71. The molecule has 1 heterocycles. The molecule has 0 amide bonds. The van der Waals surface area contributed by atoms with E-state index in [1.54, 1.807) is 0 Å². The Morgan fingerprint density at radius 2 is 1.43 bits per heavy atom. The van der Waals surface area contributed by atoms with Gasteiger partial charge in [0.05, 0.1) is 11.9 Å². The van der Waals surface area contributed by atoms with E-state index >= 15 is 0 Å². The minimum Gasteiger partial charge on any atom is -0.350 e. The van der Waals surface area contributed by atoms with Crippen LogP contribution in [0.2, 0.25) is 0 Å². The molecule has 3 aromatic rings. The molecule has 23 heavy (non-hydrogen) atoms. The molecule has 2 aromatic carbocycles. The molecule has 0 radical (unpaired) electrons. The fraction of sp³-hybridized carbons (Fsp3) is 0.190. The van der Waals surface area contributed by atoms with Crippen molar-refractivity contribution in [3.05, 3.63) is 101 Å². The first-order chi connectivity index (χ1) is 11.2. The molecule has 3 rings (SSSR count). The average Bonchev–Trinajstić information content (AvgIpc) is 2.54. The van der Waals surface area contributed by atoms with Gasteiger partial charge >= 0.3 is 0 Å². The summed E-state index contributed by atoms with van der Waals surface area (Å²) in [6, 6.07) is 21.2. The van der Waals surface area contributed by atoms with Crippen LogP contribution in [0.15, 0.2) is 78.0 Å². The fourth-order valence-corrected chi connectivity index (χ4v) is 2.80. The van der Waals surface area contributed by atoms with Crippen LogP contribution in [-0.2, 0) is 13.1 Å². The largest absolute Gasteiger partial charge is 0.350 e. The Morgan fingerprint density at radius 3 is 2.09 bits per heavy atom. The Kier molecular flexibility index (Phi) is 4.72. The van der Waals surface area contributed by atoms with Crippen molar-refractivity contribution in [3.8, 4) is 0 Å². The minimum atomic E-state index is 0.724. The summed E-state index contributed by atoms with van der Waals surface area (Å²) < 4.78 is 2.19. The molecular weight excluding hydrogens is 280 g/mol. The molecule has 0 N–H and O–H groups in total. The summed E-state index contributed by atoms with van der Waals surface area (Å²) in [6.07, 6.45) is 4.20. The monoisotopic (exact) mass is 302 g/mol. The van der Waals surface area contributed by atoms with E-state index in [0.717, 1.165) is 18.4 Å². The van der Waals surface area contributed by atoms with E-state index in [0.29, 0.717) is 0 Å². The summed E-state index contributed by atoms with van der Waals surface area (Å²) in [4.78, 5) is 4.64. The van der Waals surface area contributed by atoms with Gasteiger partial charge in [0, 0.05) is 18.9 Å². The van der Waals surface area contributed by atoms with Crippen LogP contribution in [-0.4, -0.2) is 4.57 Å². The van der Waals surface area contributed by atoms with Gasteiger partial charge in [0.15, 0.2) is 0 Å². The molecular formula is C21H22N2. The maximum Gasteiger partial charge on any atom is 0.0646 e. The summed E-state index contributed by atoms with van der Waals surface area (Å²) in [6.45, 7) is 5.91. The number of pyridine rings is 1. The molecule has 0 atom stereocenters. The first-order valence-electron chi connectivity index (χ1n) is 7.97. The number of rotatable bonds is 4. The topological polar surface area (TPSA) is 17.3 Å². The highest BCUT2D eigenvalue weighted by Crippen LogP contribution is 2.10. The van der Waals surface area contributed by atoms with Gasteiger partial charge in [-0.15, -0.1) is 0 Å². The SMILES string of the molecule is Cc1cc(C)cc(Cn2ccc(=NCc3ccccc3)cc2)c1. The molecule has 1 aromatic heterocycles. The van der Waals surface area contributed by atoms with Crippen molar-refractivity contribution in [1.29, 1.82) is 0 Å². The molecule has 0 aliphatic rings. The van der Waals surface area contributed by atoms with Crippen LogP contribution in [0.4, 0.5) is 0 Å². The highest BCUT2D eigenvalue weighted by atomic mass is 14.9. The van der Waals surface area contributed by atoms with Crippen LogP contribution in [0, 0.1) is 13.8 Å². The molecule has 0 aliphatic heterocycles. The van der Waals surface area contributed by atoms with Gasteiger partial charge in [0.1, 0.15) is 0 Å². The van der Waals surface area contributed by atoms with Gasteiger partial charge in [0.25, 0.3) is 0 Å². The lowest BCUT2D eigenvalue weighted by atomic mass is 10.1. The maximum absolute atomic E-state index is 4.64. The molecule has 0 unspecified atom stereocenters. The number of aromatic nitrogens is 1. The normalized spacial score (nSPS) is 10.5. The first-order valence-corrected chi connectivity index (χ1v) is 7.97. The van der Waals surface area contributed by atoms with Crippen LogP contribution in [0.3, 0.4) is 0 Å². The van der Waals surface area contributed by atoms with Crippen molar-refractivity contribution in [1.82, 2.24) is 4.57 Å². The Bertz CT molecular complexity index is 804. The number of hydrogen-bond acceptors (Lipinski definition) is 1. The highest BCUT2D eigenvalue weighted by Gasteiger charge is 1.97. The zero-order chi connectivity index (χ0) is 16.1. The highest BCUT2D eigenvalue weighted by molar-refractivity contribution is 5.28. The molecule has 0 saturated carbocycles. The third-order valence-electron chi connectivity index (χ3n) is 3.81. The van der Waals surface area contributed by atoms with Gasteiger partial charge in [-0.3, -0.25) is 4.99 Å². The average molecular weight is 302 g/mol. The van der Waals surface area contributed by atoms with Crippen molar-refractivity contribution in [3.63, 3.8) is 0 Å². The molecule has 0 aliphatic carbocycles. The summed E-state index contributed by atoms with van der Waals surface area (Å²) in [7, 11) is 0. The van der Waals surface area contributed by atoms with E-state index in [2.05, 4.69) is 78.3 Å². The predicted molar refractivity (Wildman–Crippen MR) is 95.2 cm³/mol. The first kappa shape index (κ1) is 15.3. The van der Waals surface area contributed by atoms with Crippen LogP contribution < -0.4 is 5.36 Å². The van der Waals surface area contributed by atoms with Crippen molar-refractivity contribution in [2.75, 3.05) is 0 Å². The quantitative estimate of drug-likeness (QED) is 0.685. The smallest absolute Gasteiger partial charge is 0.0646 e. The Morgan fingerprint density at radius 1 is 0.783 bits per heavy atom. The second kappa shape index (κ2) is 7.10. The molecule has 0 fully saturated rings. The summed E-state index contributed by atoms with van der Waals surface area (Å²) in [5.41, 5.74) is 5.20. The van der Waals surface area contributed by atoms with Gasteiger partial charge in [-0.25, -0.2) is 0 Å². The Hall–Kier alpha value is -2.61. The number of nitrogens with zero attached hydrogens (tertiary/aromatic N) is 2. The molecule has 116 valence electrons. The molecule has 2 nitrogen and oxygen atoms in total. The van der Waals surface area contributed by atoms with Gasteiger partial charge in [-0.1, -0.05) is 59.7 Å². The van der Waals surface area contributed by atoms with Crippen molar-refractivity contribution in [2.24, 2.45) is 4.99 Å². The Labute approximate surface area is 137 Å². The van der Waals surface area contributed by atoms with Crippen molar-refractivity contribution >= 4 is 0 Å². The van der Waals surface area contributed by atoms with Gasteiger partial charge in [-0.2, -0.15) is 0 Å². The predicted octanol–water partition coefficient (Wildman–Crippen LogP) is 4.25. The van der Waals surface area contributed by atoms with E-state index in [-0.39, 0.29) is 0 Å². The second-order valence-corrected chi connectivity index (χ2v) is 6.03. The van der Waals surface area contributed by atoms with Gasteiger partial charge in [0.2, 0.25) is 0 Å². The third-order valence-corrected chi connectivity index (χ3v) is 3.81. The van der Waals surface area contributed by atoms with E-state index in [1.807, 2.05) is 18.2 Å². The molecule has 0 bridgehead atoms. The van der Waals surface area contributed by atoms with Gasteiger partial charge < -0.3 is 4.57 Å². The van der Waals surface area contributed by atoms with Gasteiger partial charge in [-0.05, 0) is 37.1 Å². The number of hydrogen-bond donors (Lipinski definition) is 0. The maximum atomic E-state index is 4.64. The van der Waals surface area contributed by atoms with E-state index < -0.39 is 0 Å². The van der Waals surface area contributed by atoms with Crippen LogP contribution >= 0.6 is 0 Å². The van der Waals surface area contributed by atoms with Crippen LogP contribution in [0.25, 0.3) is 0 Å². The molecule has 0 spiro atoms.